The smallest absolute Gasteiger partial charge is 0.0453 e. The first-order chi connectivity index (χ1) is 7.71. The number of hydrogen-bond donors (Lipinski definition) is 1. The van der Waals surface area contributed by atoms with E-state index in [2.05, 4.69) is 27.4 Å². The fourth-order valence-corrected chi connectivity index (χ4v) is 2.09. The summed E-state index contributed by atoms with van der Waals surface area (Å²) in [5, 5.41) is 1.30. The first-order valence-corrected chi connectivity index (χ1v) is 6.36. The second-order valence-electron chi connectivity index (χ2n) is 5.32. The average molecular weight is 272 g/mol. The van der Waals surface area contributed by atoms with Crippen molar-refractivity contribution in [3.05, 3.63) is 46.0 Å². The number of benzene rings is 1. The van der Waals surface area contributed by atoms with Crippen molar-refractivity contribution in [2.24, 2.45) is 11.1 Å². The Morgan fingerprint density at radius 3 is 2.41 bits per heavy atom. The quantitative estimate of drug-likeness (QED) is 0.807. The van der Waals surface area contributed by atoms with Crippen LogP contribution in [0.15, 0.2) is 30.4 Å². The van der Waals surface area contributed by atoms with Crippen molar-refractivity contribution in [2.45, 2.75) is 33.2 Å². The summed E-state index contributed by atoms with van der Waals surface area (Å²) in [4.78, 5) is 0. The molecule has 1 atom stereocenters. The molecule has 0 aliphatic rings. The maximum Gasteiger partial charge on any atom is 0.0453 e. The van der Waals surface area contributed by atoms with E-state index >= 15 is 0 Å². The minimum atomic E-state index is -0.0892. The maximum absolute atomic E-state index is 6.15. The molecule has 0 bridgehead atoms. The number of hydrogen-bond acceptors (Lipinski definition) is 1. The molecule has 0 aliphatic carbocycles. The van der Waals surface area contributed by atoms with Gasteiger partial charge in [-0.2, -0.15) is 0 Å². The van der Waals surface area contributed by atoms with Crippen LogP contribution in [0.5, 0.6) is 0 Å². The number of halogens is 2. The molecule has 0 aliphatic heterocycles. The molecule has 3 heteroatoms. The summed E-state index contributed by atoms with van der Waals surface area (Å²) in [6.45, 7) is 10.4. The molecule has 1 aromatic rings. The molecule has 0 fully saturated rings. The van der Waals surface area contributed by atoms with Gasteiger partial charge in [-0.1, -0.05) is 62.2 Å². The van der Waals surface area contributed by atoms with Crippen LogP contribution < -0.4 is 5.73 Å². The van der Waals surface area contributed by atoms with E-state index in [1.165, 1.54) is 0 Å². The third-order valence-electron chi connectivity index (χ3n) is 2.87. The minimum absolute atomic E-state index is 0.0122. The zero-order valence-electron chi connectivity index (χ0n) is 10.6. The predicted octanol–water partition coefficient (Wildman–Crippen LogP) is 4.47. The molecule has 0 aromatic heterocycles. The Morgan fingerprint density at radius 2 is 1.94 bits per heavy atom. The highest BCUT2D eigenvalue weighted by atomic mass is 35.5. The highest BCUT2D eigenvalue weighted by Crippen LogP contribution is 2.29. The van der Waals surface area contributed by atoms with E-state index in [0.29, 0.717) is 16.5 Å². The van der Waals surface area contributed by atoms with Gasteiger partial charge < -0.3 is 5.73 Å². The van der Waals surface area contributed by atoms with E-state index in [9.17, 15) is 0 Å². The molecular weight excluding hydrogens is 253 g/mol. The minimum Gasteiger partial charge on any atom is -0.324 e. The van der Waals surface area contributed by atoms with Gasteiger partial charge in [-0.15, -0.1) is 0 Å². The highest BCUT2D eigenvalue weighted by molar-refractivity contribution is 6.35. The summed E-state index contributed by atoms with van der Waals surface area (Å²) in [6.07, 6.45) is 0.687. The van der Waals surface area contributed by atoms with Gasteiger partial charge in [0.15, 0.2) is 0 Å². The van der Waals surface area contributed by atoms with Crippen LogP contribution in [-0.2, 0) is 6.42 Å². The fourth-order valence-electron chi connectivity index (χ4n) is 1.60. The summed E-state index contributed by atoms with van der Waals surface area (Å²) in [5.41, 5.74) is 8.20. The van der Waals surface area contributed by atoms with Crippen molar-refractivity contribution in [1.82, 2.24) is 0 Å². The van der Waals surface area contributed by atoms with Crippen molar-refractivity contribution < 1.29 is 0 Å². The predicted molar refractivity (Wildman–Crippen MR) is 76.7 cm³/mol. The molecule has 0 radical (unpaired) electrons. The Hall–Kier alpha value is -0.500. The van der Waals surface area contributed by atoms with Crippen molar-refractivity contribution in [3.63, 3.8) is 0 Å². The van der Waals surface area contributed by atoms with Crippen molar-refractivity contribution in [1.29, 1.82) is 0 Å². The van der Waals surface area contributed by atoms with E-state index in [1.54, 1.807) is 6.07 Å². The van der Waals surface area contributed by atoms with Crippen molar-refractivity contribution >= 4 is 23.2 Å². The number of nitrogens with two attached hydrogens (primary N) is 1. The summed E-state index contributed by atoms with van der Waals surface area (Å²) in [5.74, 6) is 0. The third-order valence-corrected chi connectivity index (χ3v) is 3.45. The molecule has 94 valence electrons. The Bertz CT molecular complexity index is 419. The normalized spacial score (nSPS) is 13.5. The molecule has 0 saturated carbocycles. The average Bonchev–Trinajstić information content (AvgIpc) is 2.19. The summed E-state index contributed by atoms with van der Waals surface area (Å²) >= 11 is 12.0. The topological polar surface area (TPSA) is 26.0 Å². The molecule has 1 nitrogen and oxygen atoms in total. The molecule has 0 unspecified atom stereocenters. The van der Waals surface area contributed by atoms with Crippen LogP contribution >= 0.6 is 23.2 Å². The van der Waals surface area contributed by atoms with Crippen LogP contribution in [0.2, 0.25) is 10.0 Å². The van der Waals surface area contributed by atoms with Crippen LogP contribution in [0.3, 0.4) is 0 Å². The van der Waals surface area contributed by atoms with E-state index < -0.39 is 0 Å². The summed E-state index contributed by atoms with van der Waals surface area (Å²) in [6, 6.07) is 5.40. The van der Waals surface area contributed by atoms with Gasteiger partial charge in [-0.05, 0) is 29.5 Å². The van der Waals surface area contributed by atoms with Crippen LogP contribution in [0, 0.1) is 5.41 Å². The first-order valence-electron chi connectivity index (χ1n) is 5.60. The van der Waals surface area contributed by atoms with Gasteiger partial charge in [-0.3, -0.25) is 0 Å². The van der Waals surface area contributed by atoms with Gasteiger partial charge in [0.25, 0.3) is 0 Å². The van der Waals surface area contributed by atoms with Gasteiger partial charge in [0.05, 0.1) is 0 Å². The zero-order chi connectivity index (χ0) is 13.2. The lowest BCUT2D eigenvalue weighted by Gasteiger charge is -2.27. The van der Waals surface area contributed by atoms with E-state index in [1.807, 2.05) is 12.1 Å². The summed E-state index contributed by atoms with van der Waals surface area (Å²) < 4.78 is 0. The molecular formula is C14H19Cl2N. The van der Waals surface area contributed by atoms with Crippen LogP contribution in [0.1, 0.15) is 26.3 Å². The largest absolute Gasteiger partial charge is 0.324 e. The van der Waals surface area contributed by atoms with Gasteiger partial charge in [-0.25, -0.2) is 0 Å². The Morgan fingerprint density at radius 1 is 1.35 bits per heavy atom. The third kappa shape index (κ3) is 4.02. The first kappa shape index (κ1) is 14.6. The number of rotatable bonds is 3. The van der Waals surface area contributed by atoms with Crippen molar-refractivity contribution in [2.75, 3.05) is 0 Å². The van der Waals surface area contributed by atoms with Gasteiger partial charge >= 0.3 is 0 Å². The van der Waals surface area contributed by atoms with E-state index in [-0.39, 0.29) is 11.5 Å². The second kappa shape index (κ2) is 5.43. The molecule has 0 spiro atoms. The van der Waals surface area contributed by atoms with Gasteiger partial charge in [0.1, 0.15) is 0 Å². The van der Waals surface area contributed by atoms with Crippen molar-refractivity contribution in [3.8, 4) is 0 Å². The SMILES string of the molecule is C=C([C@H](N)Cc1ccc(Cl)cc1Cl)C(C)(C)C. The van der Waals surface area contributed by atoms with Gasteiger partial charge in [0, 0.05) is 16.1 Å². The molecule has 1 aromatic carbocycles. The lowest BCUT2D eigenvalue weighted by atomic mass is 9.81. The Kier molecular flexibility index (Phi) is 4.65. The van der Waals surface area contributed by atoms with E-state index in [4.69, 9.17) is 28.9 Å². The Balaban J connectivity index is 2.81. The van der Waals surface area contributed by atoms with Crippen LogP contribution in [-0.4, -0.2) is 6.04 Å². The molecule has 0 amide bonds. The molecule has 0 heterocycles. The van der Waals surface area contributed by atoms with Gasteiger partial charge in [0.2, 0.25) is 0 Å². The highest BCUT2D eigenvalue weighted by Gasteiger charge is 2.21. The van der Waals surface area contributed by atoms with E-state index in [0.717, 1.165) is 11.1 Å². The lowest BCUT2D eigenvalue weighted by Crippen LogP contribution is -2.31. The Labute approximate surface area is 114 Å². The van der Waals surface area contributed by atoms with Crippen LogP contribution in [0.4, 0.5) is 0 Å². The second-order valence-corrected chi connectivity index (χ2v) is 6.17. The molecule has 0 saturated heterocycles. The molecule has 2 N–H and O–H groups in total. The lowest BCUT2D eigenvalue weighted by molar-refractivity contribution is 0.462. The standard InChI is InChI=1S/C14H19Cl2N/c1-9(14(2,3)4)13(17)7-10-5-6-11(15)8-12(10)16/h5-6,8,13H,1,7,17H2,2-4H3/t13-/m1/s1. The monoisotopic (exact) mass is 271 g/mol. The molecule has 1 rings (SSSR count). The zero-order valence-corrected chi connectivity index (χ0v) is 12.1. The fraction of sp³-hybridized carbons (Fsp3) is 0.429. The molecule has 17 heavy (non-hydrogen) atoms. The van der Waals surface area contributed by atoms with Crippen LogP contribution in [0.25, 0.3) is 0 Å². The summed E-state index contributed by atoms with van der Waals surface area (Å²) in [7, 11) is 0. The maximum atomic E-state index is 6.15.